The smallest absolute Gasteiger partial charge is 0.162 e. The molecule has 0 unspecified atom stereocenters. The lowest BCUT2D eigenvalue weighted by atomic mass is 10.2. The van der Waals surface area contributed by atoms with E-state index in [4.69, 9.17) is 11.1 Å². The van der Waals surface area contributed by atoms with E-state index in [9.17, 15) is 4.39 Å². The van der Waals surface area contributed by atoms with Gasteiger partial charge in [-0.1, -0.05) is 18.2 Å². The van der Waals surface area contributed by atoms with Crippen molar-refractivity contribution in [1.82, 2.24) is 19.7 Å². The van der Waals surface area contributed by atoms with Crippen LogP contribution in [0.15, 0.2) is 36.8 Å². The first-order valence-electron chi connectivity index (χ1n) is 5.91. The molecular formula is C13H11FN6. The van der Waals surface area contributed by atoms with Gasteiger partial charge < -0.3 is 5.73 Å². The summed E-state index contributed by atoms with van der Waals surface area (Å²) < 4.78 is 15.2. The van der Waals surface area contributed by atoms with Gasteiger partial charge in [-0.2, -0.15) is 5.10 Å². The normalized spacial score (nSPS) is 10.8. The highest BCUT2D eigenvalue weighted by molar-refractivity contribution is 6.04. The van der Waals surface area contributed by atoms with Crippen LogP contribution in [-0.2, 0) is 6.54 Å². The number of fused-ring (bicyclic) bond motifs is 1. The number of amidine groups is 1. The van der Waals surface area contributed by atoms with Gasteiger partial charge >= 0.3 is 0 Å². The molecule has 3 N–H and O–H groups in total. The van der Waals surface area contributed by atoms with Gasteiger partial charge in [0.1, 0.15) is 23.7 Å². The van der Waals surface area contributed by atoms with Crippen LogP contribution in [0.1, 0.15) is 11.3 Å². The molecular weight excluding hydrogens is 259 g/mol. The van der Waals surface area contributed by atoms with E-state index in [-0.39, 0.29) is 18.2 Å². The lowest BCUT2D eigenvalue weighted by molar-refractivity contribution is 0.589. The number of hydrogen-bond acceptors (Lipinski definition) is 4. The number of rotatable bonds is 3. The summed E-state index contributed by atoms with van der Waals surface area (Å²) in [7, 11) is 0. The number of nitrogens with zero attached hydrogens (tertiary/aromatic N) is 4. The molecule has 0 atom stereocenters. The Hall–Kier alpha value is -2.83. The molecule has 0 amide bonds. The summed E-state index contributed by atoms with van der Waals surface area (Å²) in [6.45, 7) is 0.216. The second-order valence-electron chi connectivity index (χ2n) is 4.27. The van der Waals surface area contributed by atoms with Gasteiger partial charge in [0.2, 0.25) is 0 Å². The van der Waals surface area contributed by atoms with E-state index in [0.29, 0.717) is 22.3 Å². The average Bonchev–Trinajstić information content (AvgIpc) is 2.81. The second kappa shape index (κ2) is 4.69. The number of hydrogen-bond donors (Lipinski definition) is 2. The van der Waals surface area contributed by atoms with Gasteiger partial charge in [-0.05, 0) is 6.07 Å². The van der Waals surface area contributed by atoms with Gasteiger partial charge in [0.05, 0.1) is 11.9 Å². The van der Waals surface area contributed by atoms with Gasteiger partial charge in [0.15, 0.2) is 5.65 Å². The Kier molecular flexibility index (Phi) is 2.86. The molecule has 2 aromatic heterocycles. The van der Waals surface area contributed by atoms with E-state index in [0.717, 1.165) is 0 Å². The van der Waals surface area contributed by atoms with Crippen LogP contribution >= 0.6 is 0 Å². The van der Waals surface area contributed by atoms with Gasteiger partial charge in [-0.15, -0.1) is 0 Å². The number of nitrogens with two attached hydrogens (primary N) is 1. The Labute approximate surface area is 113 Å². The minimum Gasteiger partial charge on any atom is -0.382 e. The summed E-state index contributed by atoms with van der Waals surface area (Å²) in [6.07, 6.45) is 2.93. The molecule has 20 heavy (non-hydrogen) atoms. The third kappa shape index (κ3) is 1.99. The molecule has 0 aliphatic rings. The molecule has 100 valence electrons. The fourth-order valence-electron chi connectivity index (χ4n) is 2.02. The standard InChI is InChI=1S/C13H11FN6/c14-10-4-2-1-3-8(10)6-20-13-9(5-17-7-18-13)11(19-20)12(15)16/h1-5,7H,6H2,(H3,15,16). The molecule has 3 aromatic rings. The molecule has 3 rings (SSSR count). The first kappa shape index (κ1) is 12.2. The van der Waals surface area contributed by atoms with Crippen LogP contribution in [0.25, 0.3) is 11.0 Å². The molecule has 0 aliphatic heterocycles. The van der Waals surface area contributed by atoms with Crippen LogP contribution in [0.3, 0.4) is 0 Å². The molecule has 0 fully saturated rings. The summed E-state index contributed by atoms with van der Waals surface area (Å²) in [5.74, 6) is -0.480. The van der Waals surface area contributed by atoms with Gasteiger partial charge in [0, 0.05) is 11.8 Å². The first-order chi connectivity index (χ1) is 9.66. The van der Waals surface area contributed by atoms with E-state index in [1.165, 1.54) is 17.1 Å². The van der Waals surface area contributed by atoms with Crippen molar-refractivity contribution >= 4 is 16.9 Å². The molecule has 0 spiro atoms. The monoisotopic (exact) mass is 270 g/mol. The summed E-state index contributed by atoms with van der Waals surface area (Å²) in [5, 5.41) is 12.3. The number of aromatic nitrogens is 4. The highest BCUT2D eigenvalue weighted by Gasteiger charge is 2.15. The Morgan fingerprint density at radius 3 is 2.90 bits per heavy atom. The van der Waals surface area contributed by atoms with E-state index in [1.807, 2.05) is 0 Å². The number of benzene rings is 1. The first-order valence-corrected chi connectivity index (χ1v) is 5.91. The van der Waals surface area contributed by atoms with Gasteiger partial charge in [0.25, 0.3) is 0 Å². The van der Waals surface area contributed by atoms with Gasteiger partial charge in [-0.3, -0.25) is 5.41 Å². The van der Waals surface area contributed by atoms with E-state index in [2.05, 4.69) is 15.1 Å². The summed E-state index contributed by atoms with van der Waals surface area (Å²) in [5.41, 5.74) is 6.81. The maximum Gasteiger partial charge on any atom is 0.162 e. The zero-order chi connectivity index (χ0) is 14.1. The molecule has 7 heteroatoms. The Balaban J connectivity index is 2.13. The summed E-state index contributed by atoms with van der Waals surface area (Å²) >= 11 is 0. The van der Waals surface area contributed by atoms with Crippen molar-refractivity contribution in [1.29, 1.82) is 5.41 Å². The third-order valence-electron chi connectivity index (χ3n) is 2.94. The lowest BCUT2D eigenvalue weighted by Crippen LogP contribution is -2.13. The second-order valence-corrected chi connectivity index (χ2v) is 4.27. The van der Waals surface area contributed by atoms with Crippen LogP contribution in [-0.4, -0.2) is 25.6 Å². The van der Waals surface area contributed by atoms with E-state index in [1.54, 1.807) is 24.4 Å². The zero-order valence-electron chi connectivity index (χ0n) is 10.4. The minimum absolute atomic E-state index is 0.169. The molecule has 0 saturated heterocycles. The van der Waals surface area contributed by atoms with E-state index < -0.39 is 0 Å². The van der Waals surface area contributed by atoms with Crippen molar-refractivity contribution in [3.63, 3.8) is 0 Å². The predicted molar refractivity (Wildman–Crippen MR) is 71.8 cm³/mol. The molecule has 0 saturated carbocycles. The topological polar surface area (TPSA) is 93.5 Å². The Bertz CT molecular complexity index is 794. The van der Waals surface area contributed by atoms with Crippen LogP contribution in [0.4, 0.5) is 4.39 Å². The van der Waals surface area contributed by atoms with Crippen LogP contribution in [0.2, 0.25) is 0 Å². The van der Waals surface area contributed by atoms with Gasteiger partial charge in [-0.25, -0.2) is 19.0 Å². The maximum atomic E-state index is 13.7. The summed E-state index contributed by atoms with van der Waals surface area (Å²) in [4.78, 5) is 8.03. The van der Waals surface area contributed by atoms with Crippen LogP contribution in [0, 0.1) is 11.2 Å². The number of nitrogens with one attached hydrogen (secondary N) is 1. The summed E-state index contributed by atoms with van der Waals surface area (Å²) in [6, 6.07) is 6.45. The van der Waals surface area contributed by atoms with Crippen molar-refractivity contribution in [3.05, 3.63) is 53.9 Å². The molecule has 2 heterocycles. The van der Waals surface area contributed by atoms with Crippen molar-refractivity contribution in [2.75, 3.05) is 0 Å². The van der Waals surface area contributed by atoms with Crippen LogP contribution < -0.4 is 5.73 Å². The minimum atomic E-state index is -0.311. The molecule has 0 bridgehead atoms. The van der Waals surface area contributed by atoms with E-state index >= 15 is 0 Å². The highest BCUT2D eigenvalue weighted by Crippen LogP contribution is 2.17. The quantitative estimate of drug-likeness (QED) is 0.554. The lowest BCUT2D eigenvalue weighted by Gasteiger charge is -2.04. The van der Waals surface area contributed by atoms with Crippen LogP contribution in [0.5, 0.6) is 0 Å². The number of halogens is 1. The van der Waals surface area contributed by atoms with Crippen molar-refractivity contribution in [2.24, 2.45) is 5.73 Å². The molecule has 0 radical (unpaired) electrons. The van der Waals surface area contributed by atoms with Crippen molar-refractivity contribution < 1.29 is 4.39 Å². The largest absolute Gasteiger partial charge is 0.382 e. The maximum absolute atomic E-state index is 13.7. The van der Waals surface area contributed by atoms with Crippen molar-refractivity contribution in [2.45, 2.75) is 6.54 Å². The molecule has 1 aromatic carbocycles. The Morgan fingerprint density at radius 1 is 1.35 bits per heavy atom. The zero-order valence-corrected chi connectivity index (χ0v) is 10.4. The fraction of sp³-hybridized carbons (Fsp3) is 0.0769. The van der Waals surface area contributed by atoms with Crippen molar-refractivity contribution in [3.8, 4) is 0 Å². The molecule has 6 nitrogen and oxygen atoms in total. The predicted octanol–water partition coefficient (Wildman–Crippen LogP) is 1.30. The third-order valence-corrected chi connectivity index (χ3v) is 2.94. The molecule has 0 aliphatic carbocycles. The Morgan fingerprint density at radius 2 is 2.15 bits per heavy atom. The fourth-order valence-corrected chi connectivity index (χ4v) is 2.02. The highest BCUT2D eigenvalue weighted by atomic mass is 19.1. The SMILES string of the molecule is N=C(N)c1nn(Cc2ccccc2F)c2ncncc12. The average molecular weight is 270 g/mol. The number of nitrogen functional groups attached to an aromatic ring is 1.